The van der Waals surface area contributed by atoms with Gasteiger partial charge in [0.15, 0.2) is 0 Å². The van der Waals surface area contributed by atoms with E-state index in [1.165, 1.54) is 0 Å². The van der Waals surface area contributed by atoms with Gasteiger partial charge in [0.25, 0.3) is 0 Å². The zero-order valence-corrected chi connectivity index (χ0v) is 15.6. The van der Waals surface area contributed by atoms with Crippen LogP contribution < -0.4 is 4.74 Å². The van der Waals surface area contributed by atoms with E-state index < -0.39 is 11.5 Å². The zero-order valence-electron chi connectivity index (χ0n) is 14.8. The number of Topliss-reactive ketones (excluding diaryl/α,β-unsaturated/α-hetero) is 1. The molecule has 0 amide bonds. The first kappa shape index (κ1) is 17.0. The molecular formula is C23H16ClNO3. The Bertz CT molecular complexity index is 1080. The van der Waals surface area contributed by atoms with E-state index in [0.717, 1.165) is 11.1 Å². The molecule has 28 heavy (non-hydrogen) atoms. The average Bonchev–Trinajstić information content (AvgIpc) is 3.12. The summed E-state index contributed by atoms with van der Waals surface area (Å²) < 4.78 is 5.95. The number of rotatable bonds is 2. The van der Waals surface area contributed by atoms with E-state index in [2.05, 4.69) is 5.16 Å². The van der Waals surface area contributed by atoms with Gasteiger partial charge in [0.05, 0.1) is 17.2 Å². The second-order valence-electron chi connectivity index (χ2n) is 6.92. The largest absolute Gasteiger partial charge is 0.488 e. The van der Waals surface area contributed by atoms with Crippen molar-refractivity contribution in [1.82, 2.24) is 0 Å². The molecule has 1 spiro atoms. The lowest BCUT2D eigenvalue weighted by Crippen LogP contribution is -2.52. The summed E-state index contributed by atoms with van der Waals surface area (Å²) in [5.74, 6) is 0.0696. The number of fused-ring (bicyclic) bond motifs is 1. The lowest BCUT2D eigenvalue weighted by Gasteiger charge is -2.35. The number of hydrogen-bond acceptors (Lipinski definition) is 4. The zero-order chi connectivity index (χ0) is 19.1. The molecule has 0 radical (unpaired) electrons. The first-order chi connectivity index (χ1) is 13.7. The molecule has 5 heteroatoms. The van der Waals surface area contributed by atoms with E-state index in [0.29, 0.717) is 22.0 Å². The molecule has 2 heterocycles. The van der Waals surface area contributed by atoms with Gasteiger partial charge in [-0.1, -0.05) is 71.4 Å². The van der Waals surface area contributed by atoms with Crippen molar-refractivity contribution in [2.24, 2.45) is 5.16 Å². The highest BCUT2D eigenvalue weighted by atomic mass is 35.5. The minimum Gasteiger partial charge on any atom is -0.488 e. The summed E-state index contributed by atoms with van der Waals surface area (Å²) in [4.78, 5) is 19.5. The van der Waals surface area contributed by atoms with E-state index in [1.54, 1.807) is 24.3 Å². The molecule has 4 nitrogen and oxygen atoms in total. The van der Waals surface area contributed by atoms with Crippen LogP contribution in [0, 0.1) is 0 Å². The molecule has 0 fully saturated rings. The van der Waals surface area contributed by atoms with Crippen molar-refractivity contribution >= 4 is 23.1 Å². The molecule has 138 valence electrons. The van der Waals surface area contributed by atoms with Gasteiger partial charge >= 0.3 is 0 Å². The maximum Gasteiger partial charge on any atom is 0.245 e. The van der Waals surface area contributed by atoms with Crippen LogP contribution in [0.15, 0.2) is 84.0 Å². The predicted octanol–water partition coefficient (Wildman–Crippen LogP) is 4.87. The number of carbonyl (C=O) groups excluding carboxylic acids is 1. The summed E-state index contributed by atoms with van der Waals surface area (Å²) in [6.07, 6.45) is 0. The third-order valence-corrected chi connectivity index (χ3v) is 5.53. The lowest BCUT2D eigenvalue weighted by molar-refractivity contribution is -0.0431. The maximum atomic E-state index is 13.6. The van der Waals surface area contributed by atoms with Gasteiger partial charge in [0, 0.05) is 10.6 Å². The molecular weight excluding hydrogens is 374 g/mol. The van der Waals surface area contributed by atoms with Crippen molar-refractivity contribution < 1.29 is 14.4 Å². The highest BCUT2D eigenvalue weighted by Crippen LogP contribution is 2.46. The maximum absolute atomic E-state index is 13.6. The summed E-state index contributed by atoms with van der Waals surface area (Å²) in [6.45, 7) is 0.100. The number of benzene rings is 3. The molecule has 0 saturated carbocycles. The molecule has 2 aliphatic heterocycles. The van der Waals surface area contributed by atoms with Crippen molar-refractivity contribution in [3.8, 4) is 5.75 Å². The number of carbonyl (C=O) groups is 1. The topological polar surface area (TPSA) is 47.9 Å². The van der Waals surface area contributed by atoms with Crippen LogP contribution in [0.5, 0.6) is 5.75 Å². The van der Waals surface area contributed by atoms with E-state index in [-0.39, 0.29) is 12.4 Å². The number of ether oxygens (including phenoxy) is 1. The Labute approximate surface area is 167 Å². The van der Waals surface area contributed by atoms with Gasteiger partial charge in [-0.25, -0.2) is 0 Å². The van der Waals surface area contributed by atoms with Gasteiger partial charge in [-0.3, -0.25) is 4.79 Å². The minimum atomic E-state index is -1.23. The van der Waals surface area contributed by atoms with Crippen LogP contribution in [0.2, 0.25) is 5.02 Å². The van der Waals surface area contributed by atoms with Crippen molar-refractivity contribution in [3.05, 3.63) is 101 Å². The van der Waals surface area contributed by atoms with Crippen LogP contribution in [0.4, 0.5) is 0 Å². The molecule has 3 aromatic carbocycles. The first-order valence-electron chi connectivity index (χ1n) is 9.03. The van der Waals surface area contributed by atoms with Crippen LogP contribution in [0.3, 0.4) is 0 Å². The van der Waals surface area contributed by atoms with Crippen LogP contribution in [-0.4, -0.2) is 23.7 Å². The molecule has 3 aromatic rings. The van der Waals surface area contributed by atoms with E-state index in [9.17, 15) is 4.79 Å². The Hall–Kier alpha value is -3.11. The molecule has 2 unspecified atom stereocenters. The van der Waals surface area contributed by atoms with Crippen LogP contribution in [-0.2, 0) is 4.84 Å². The van der Waals surface area contributed by atoms with Crippen molar-refractivity contribution in [3.63, 3.8) is 0 Å². The SMILES string of the molecule is O=C1c2ccccc2OCC12ON=C(c1ccc(Cl)cc1)C2c1ccccc1. The van der Waals surface area contributed by atoms with Crippen LogP contribution in [0.25, 0.3) is 0 Å². The fraction of sp³-hybridized carbons (Fsp3) is 0.130. The van der Waals surface area contributed by atoms with Crippen LogP contribution >= 0.6 is 11.6 Å². The lowest BCUT2D eigenvalue weighted by atomic mass is 9.73. The van der Waals surface area contributed by atoms with Crippen molar-refractivity contribution in [1.29, 1.82) is 0 Å². The summed E-state index contributed by atoms with van der Waals surface area (Å²) in [5, 5.41) is 5.01. The molecule has 2 atom stereocenters. The molecule has 0 aliphatic carbocycles. The fourth-order valence-corrected chi connectivity index (χ4v) is 4.04. The third-order valence-electron chi connectivity index (χ3n) is 5.28. The van der Waals surface area contributed by atoms with Crippen molar-refractivity contribution in [2.75, 3.05) is 6.61 Å². The van der Waals surface area contributed by atoms with Gasteiger partial charge in [-0.15, -0.1) is 0 Å². The van der Waals surface area contributed by atoms with Gasteiger partial charge in [-0.05, 0) is 29.8 Å². The van der Waals surface area contributed by atoms with E-state index >= 15 is 0 Å². The Morgan fingerprint density at radius 3 is 2.43 bits per heavy atom. The first-order valence-corrected chi connectivity index (χ1v) is 9.40. The Kier molecular flexibility index (Phi) is 3.95. The molecule has 0 saturated heterocycles. The molecule has 5 rings (SSSR count). The van der Waals surface area contributed by atoms with E-state index in [4.69, 9.17) is 21.2 Å². The second kappa shape index (κ2) is 6.50. The highest BCUT2D eigenvalue weighted by Gasteiger charge is 2.58. The normalized spacial score (nSPS) is 23.0. The minimum absolute atomic E-state index is 0.100. The Morgan fingerprint density at radius 2 is 1.64 bits per heavy atom. The highest BCUT2D eigenvalue weighted by molar-refractivity contribution is 6.30. The number of para-hydroxylation sites is 1. The molecule has 0 aromatic heterocycles. The van der Waals surface area contributed by atoms with Gasteiger partial charge in [0.1, 0.15) is 12.4 Å². The summed E-state index contributed by atoms with van der Waals surface area (Å²) in [5.41, 5.74) is 1.79. The van der Waals surface area contributed by atoms with Crippen molar-refractivity contribution in [2.45, 2.75) is 11.5 Å². The molecule has 0 N–H and O–H groups in total. The standard InChI is InChI=1S/C23H16ClNO3/c24-17-12-10-16(11-13-17)21-20(15-6-2-1-3-7-15)23(28-25-21)14-27-19-9-5-4-8-18(19)22(23)26/h1-13,20H,14H2. The number of ketones is 1. The smallest absolute Gasteiger partial charge is 0.245 e. The molecule has 2 aliphatic rings. The monoisotopic (exact) mass is 389 g/mol. The summed E-state index contributed by atoms with van der Waals surface area (Å²) in [7, 11) is 0. The van der Waals surface area contributed by atoms with Gasteiger partial charge in [0.2, 0.25) is 11.4 Å². The number of hydrogen-bond donors (Lipinski definition) is 0. The third kappa shape index (κ3) is 2.53. The predicted molar refractivity (Wildman–Crippen MR) is 107 cm³/mol. The van der Waals surface area contributed by atoms with Crippen LogP contribution in [0.1, 0.15) is 27.4 Å². The number of halogens is 1. The van der Waals surface area contributed by atoms with E-state index in [1.807, 2.05) is 54.6 Å². The average molecular weight is 390 g/mol. The molecule has 0 bridgehead atoms. The summed E-state index contributed by atoms with van der Waals surface area (Å²) in [6, 6.07) is 24.4. The fourth-order valence-electron chi connectivity index (χ4n) is 3.91. The summed E-state index contributed by atoms with van der Waals surface area (Å²) >= 11 is 6.05. The second-order valence-corrected chi connectivity index (χ2v) is 7.36. The quantitative estimate of drug-likeness (QED) is 0.628. The van der Waals surface area contributed by atoms with Gasteiger partial charge in [-0.2, -0.15) is 0 Å². The Balaban J connectivity index is 1.65. The van der Waals surface area contributed by atoms with Gasteiger partial charge < -0.3 is 9.57 Å². The number of oxime groups is 1. The number of nitrogens with zero attached hydrogens (tertiary/aromatic N) is 1. The Morgan fingerprint density at radius 1 is 0.929 bits per heavy atom.